The van der Waals surface area contributed by atoms with E-state index in [9.17, 15) is 13.2 Å². The van der Waals surface area contributed by atoms with Crippen molar-refractivity contribution in [2.24, 2.45) is 23.2 Å². The Morgan fingerprint density at radius 2 is 1.53 bits per heavy atom. The Hall–Kier alpha value is -0.250. The van der Waals surface area contributed by atoms with Crippen LogP contribution in [0.25, 0.3) is 0 Å². The Bertz CT molecular complexity index is 301. The van der Waals surface area contributed by atoms with Gasteiger partial charge in [0.2, 0.25) is 0 Å². The molecule has 1 nitrogen and oxygen atoms in total. The van der Waals surface area contributed by atoms with Crippen LogP contribution >= 0.6 is 0 Å². The highest BCUT2D eigenvalue weighted by Crippen LogP contribution is 2.61. The fraction of sp³-hybridized carbons (Fsp3) is 1.00. The molecule has 4 bridgehead atoms. The van der Waals surface area contributed by atoms with Gasteiger partial charge in [0, 0.05) is 12.6 Å². The molecule has 0 aliphatic heterocycles. The Labute approximate surface area is 113 Å². The third-order valence-electron chi connectivity index (χ3n) is 5.86. The van der Waals surface area contributed by atoms with Crippen LogP contribution in [-0.4, -0.2) is 18.8 Å². The van der Waals surface area contributed by atoms with Crippen LogP contribution in [0.1, 0.15) is 51.9 Å². The molecule has 0 radical (unpaired) electrons. The van der Waals surface area contributed by atoms with Gasteiger partial charge in [-0.05, 0) is 68.6 Å². The van der Waals surface area contributed by atoms with E-state index in [0.717, 1.165) is 17.8 Å². The highest BCUT2D eigenvalue weighted by Gasteiger charge is 2.52. The van der Waals surface area contributed by atoms with Gasteiger partial charge in [-0.1, -0.05) is 0 Å². The second-order valence-electron chi connectivity index (χ2n) is 7.32. The number of hydrogen-bond acceptors (Lipinski definition) is 1. The van der Waals surface area contributed by atoms with E-state index < -0.39 is 12.6 Å². The lowest BCUT2D eigenvalue weighted by Gasteiger charge is -2.59. The summed E-state index contributed by atoms with van der Waals surface area (Å²) in [6, 6.07) is 0.239. The van der Waals surface area contributed by atoms with Crippen LogP contribution in [0.3, 0.4) is 0 Å². The van der Waals surface area contributed by atoms with Crippen molar-refractivity contribution in [1.29, 1.82) is 0 Å². The molecule has 1 unspecified atom stereocenters. The summed E-state index contributed by atoms with van der Waals surface area (Å²) in [5.74, 6) is 2.58. The highest BCUT2D eigenvalue weighted by atomic mass is 19.4. The maximum atomic E-state index is 12.2. The summed E-state index contributed by atoms with van der Waals surface area (Å²) in [5, 5.41) is 3.18. The molecule has 1 atom stereocenters. The summed E-state index contributed by atoms with van der Waals surface area (Å²) in [5.41, 5.74) is 0.306. The van der Waals surface area contributed by atoms with Crippen LogP contribution in [-0.2, 0) is 0 Å². The largest absolute Gasteiger partial charge is 0.390 e. The minimum atomic E-state index is -4.03. The topological polar surface area (TPSA) is 12.0 Å². The average Bonchev–Trinajstić information content (AvgIpc) is 2.25. The summed E-state index contributed by atoms with van der Waals surface area (Å²) in [6.45, 7) is 2.19. The zero-order chi connectivity index (χ0) is 13.7. The van der Waals surface area contributed by atoms with Crippen LogP contribution in [0.2, 0.25) is 0 Å². The SMILES string of the molecule is CC(NCCC(F)(F)F)C12CC3CC(CC(C3)C1)C2. The zero-order valence-electron chi connectivity index (χ0n) is 11.6. The van der Waals surface area contributed by atoms with Crippen molar-refractivity contribution in [2.75, 3.05) is 6.54 Å². The summed E-state index contributed by atoms with van der Waals surface area (Å²) in [7, 11) is 0. The molecule has 4 aliphatic rings. The molecular weight excluding hydrogens is 251 g/mol. The van der Waals surface area contributed by atoms with Gasteiger partial charge in [0.25, 0.3) is 0 Å². The maximum absolute atomic E-state index is 12.2. The minimum Gasteiger partial charge on any atom is -0.313 e. The van der Waals surface area contributed by atoms with Crippen LogP contribution in [0, 0.1) is 23.2 Å². The Morgan fingerprint density at radius 3 is 1.95 bits per heavy atom. The van der Waals surface area contributed by atoms with Gasteiger partial charge < -0.3 is 5.32 Å². The standard InChI is InChI=1S/C15H24F3N/c1-10(19-3-2-15(16,17)18)14-7-11-4-12(8-14)6-13(5-11)9-14/h10-13,19H,2-9H2,1H3. The monoisotopic (exact) mass is 275 g/mol. The molecule has 0 heterocycles. The molecule has 19 heavy (non-hydrogen) atoms. The van der Waals surface area contributed by atoms with E-state index in [-0.39, 0.29) is 12.6 Å². The number of hydrogen-bond donors (Lipinski definition) is 1. The summed E-state index contributed by atoms with van der Waals surface area (Å²) in [6.07, 6.45) is 3.16. The summed E-state index contributed by atoms with van der Waals surface area (Å²) < 4.78 is 36.7. The van der Waals surface area contributed by atoms with Crippen molar-refractivity contribution >= 4 is 0 Å². The molecule has 1 N–H and O–H groups in total. The van der Waals surface area contributed by atoms with Gasteiger partial charge in [-0.2, -0.15) is 13.2 Å². The molecule has 0 aromatic rings. The molecule has 0 aromatic heterocycles. The first-order valence-corrected chi connectivity index (χ1v) is 7.66. The second-order valence-corrected chi connectivity index (χ2v) is 7.32. The van der Waals surface area contributed by atoms with Gasteiger partial charge in [-0.25, -0.2) is 0 Å². The average molecular weight is 275 g/mol. The number of halogens is 3. The molecule has 110 valence electrons. The fourth-order valence-electron chi connectivity index (χ4n) is 5.35. The van der Waals surface area contributed by atoms with Gasteiger partial charge in [-0.3, -0.25) is 0 Å². The molecule has 4 rings (SSSR count). The molecule has 4 aliphatic carbocycles. The molecule has 4 fully saturated rings. The second kappa shape index (κ2) is 4.64. The third kappa shape index (κ3) is 2.79. The Morgan fingerprint density at radius 1 is 1.05 bits per heavy atom. The first-order valence-electron chi connectivity index (χ1n) is 7.66. The number of alkyl halides is 3. The fourth-order valence-corrected chi connectivity index (χ4v) is 5.35. The molecular formula is C15H24F3N. The third-order valence-corrected chi connectivity index (χ3v) is 5.86. The lowest BCUT2D eigenvalue weighted by molar-refractivity contribution is -0.135. The van der Waals surface area contributed by atoms with E-state index in [1.165, 1.54) is 38.5 Å². The Kier molecular flexibility index (Phi) is 3.35. The summed E-state index contributed by atoms with van der Waals surface area (Å²) >= 11 is 0. The highest BCUT2D eigenvalue weighted by molar-refractivity contribution is 5.05. The normalized spacial score (nSPS) is 42.6. The van der Waals surface area contributed by atoms with E-state index in [0.29, 0.717) is 5.41 Å². The predicted octanol–water partition coefficient (Wildman–Crippen LogP) is 4.13. The van der Waals surface area contributed by atoms with E-state index in [4.69, 9.17) is 0 Å². The van der Waals surface area contributed by atoms with Crippen LogP contribution in [0.5, 0.6) is 0 Å². The smallest absolute Gasteiger partial charge is 0.313 e. The van der Waals surface area contributed by atoms with Crippen molar-refractivity contribution in [3.05, 3.63) is 0 Å². The van der Waals surface area contributed by atoms with Crippen LogP contribution in [0.15, 0.2) is 0 Å². The molecule has 0 spiro atoms. The van der Waals surface area contributed by atoms with E-state index in [2.05, 4.69) is 12.2 Å². The van der Waals surface area contributed by atoms with Crippen molar-refractivity contribution in [2.45, 2.75) is 64.1 Å². The lowest BCUT2D eigenvalue weighted by atomic mass is 9.48. The predicted molar refractivity (Wildman–Crippen MR) is 68.7 cm³/mol. The quantitative estimate of drug-likeness (QED) is 0.813. The van der Waals surface area contributed by atoms with Gasteiger partial charge in [-0.15, -0.1) is 0 Å². The van der Waals surface area contributed by atoms with Gasteiger partial charge >= 0.3 is 6.18 Å². The molecule has 0 aromatic carbocycles. The lowest BCUT2D eigenvalue weighted by Crippen LogP contribution is -2.55. The maximum Gasteiger partial charge on any atom is 0.390 e. The first-order chi connectivity index (χ1) is 8.86. The van der Waals surface area contributed by atoms with E-state index in [1.54, 1.807) is 0 Å². The number of rotatable bonds is 4. The van der Waals surface area contributed by atoms with Crippen molar-refractivity contribution in [1.82, 2.24) is 5.32 Å². The Balaban J connectivity index is 1.58. The summed E-state index contributed by atoms with van der Waals surface area (Å²) in [4.78, 5) is 0. The first kappa shape index (κ1) is 13.7. The van der Waals surface area contributed by atoms with Crippen LogP contribution in [0.4, 0.5) is 13.2 Å². The van der Waals surface area contributed by atoms with Gasteiger partial charge in [0.15, 0.2) is 0 Å². The molecule has 4 saturated carbocycles. The van der Waals surface area contributed by atoms with Gasteiger partial charge in [0.1, 0.15) is 0 Å². The van der Waals surface area contributed by atoms with Crippen molar-refractivity contribution in [3.8, 4) is 0 Å². The van der Waals surface area contributed by atoms with Crippen molar-refractivity contribution in [3.63, 3.8) is 0 Å². The molecule has 0 amide bonds. The van der Waals surface area contributed by atoms with Crippen LogP contribution < -0.4 is 5.32 Å². The zero-order valence-corrected chi connectivity index (χ0v) is 11.6. The van der Waals surface area contributed by atoms with E-state index >= 15 is 0 Å². The van der Waals surface area contributed by atoms with E-state index in [1.807, 2.05) is 0 Å². The molecule has 4 heteroatoms. The number of nitrogens with one attached hydrogen (secondary N) is 1. The minimum absolute atomic E-state index is 0.0758. The van der Waals surface area contributed by atoms with Crippen molar-refractivity contribution < 1.29 is 13.2 Å². The van der Waals surface area contributed by atoms with Gasteiger partial charge in [0.05, 0.1) is 6.42 Å². The molecule has 0 saturated heterocycles.